The minimum atomic E-state index is -1.10. The number of anilines is 1. The first-order valence-electron chi connectivity index (χ1n) is 20.3. The molecule has 7 aromatic rings. The van der Waals surface area contributed by atoms with Crippen molar-refractivity contribution in [2.45, 2.75) is 60.0 Å². The van der Waals surface area contributed by atoms with Gasteiger partial charge in [0, 0.05) is 77.8 Å². The number of aromatic carboxylic acids is 1. The fourth-order valence-corrected chi connectivity index (χ4v) is 9.18. The van der Waals surface area contributed by atoms with Gasteiger partial charge >= 0.3 is 5.97 Å². The van der Waals surface area contributed by atoms with Gasteiger partial charge < -0.3 is 33.4 Å². The van der Waals surface area contributed by atoms with E-state index in [1.165, 1.54) is 0 Å². The van der Waals surface area contributed by atoms with E-state index in [9.17, 15) is 9.90 Å². The van der Waals surface area contributed by atoms with Gasteiger partial charge in [0.1, 0.15) is 23.8 Å². The van der Waals surface area contributed by atoms with Crippen LogP contribution in [0, 0.1) is 27.7 Å². The molecular weight excluding hydrogens is 815 g/mol. The van der Waals surface area contributed by atoms with Crippen molar-refractivity contribution in [1.29, 1.82) is 0 Å². The third-order valence-corrected chi connectivity index (χ3v) is 12.5. The molecule has 4 aromatic heterocycles. The molecule has 0 saturated carbocycles. The number of methoxy groups -OCH3 is 1. The third-order valence-electron chi connectivity index (χ3n) is 11.6. The Morgan fingerprint density at radius 2 is 1.66 bits per heavy atom. The maximum atomic E-state index is 15.6. The zero-order valence-corrected chi connectivity index (χ0v) is 36.8. The summed E-state index contributed by atoms with van der Waals surface area (Å²) in [5.41, 5.74) is 9.66. The molecule has 14 heteroatoms. The molecule has 316 valence electrons. The Hall–Kier alpha value is -5.82. The number of amides is 1. The Labute approximate surface area is 364 Å². The Morgan fingerprint density at radius 3 is 2.33 bits per heavy atom. The predicted octanol–water partition coefficient (Wildman–Crippen LogP) is 9.94. The first-order chi connectivity index (χ1) is 29.3. The predicted molar refractivity (Wildman–Crippen MR) is 239 cm³/mol. The number of pyridine rings is 1. The van der Waals surface area contributed by atoms with E-state index in [0.717, 1.165) is 66.6 Å². The number of aryl methyl sites for hydroxylation is 5. The minimum absolute atomic E-state index is 0.0873. The number of ether oxygens (including phenoxy) is 3. The minimum Gasteiger partial charge on any atom is -0.494 e. The van der Waals surface area contributed by atoms with Gasteiger partial charge in [-0.1, -0.05) is 35.3 Å². The van der Waals surface area contributed by atoms with Crippen molar-refractivity contribution in [3.8, 4) is 22.6 Å². The number of rotatable bonds is 14. The molecule has 0 bridgehead atoms. The summed E-state index contributed by atoms with van der Waals surface area (Å²) >= 11 is 13.6. The maximum Gasteiger partial charge on any atom is 0.337 e. The molecule has 8 rings (SSSR count). The van der Waals surface area contributed by atoms with E-state index in [2.05, 4.69) is 16.5 Å². The lowest BCUT2D eigenvalue weighted by molar-refractivity contribution is 0.0698. The van der Waals surface area contributed by atoms with Crippen molar-refractivity contribution in [1.82, 2.24) is 23.9 Å². The lowest BCUT2D eigenvalue weighted by Crippen LogP contribution is -2.43. The normalized spacial score (nSPS) is 14.0. The Morgan fingerprint density at radius 1 is 0.918 bits per heavy atom. The van der Waals surface area contributed by atoms with E-state index in [-0.39, 0.29) is 37.2 Å². The van der Waals surface area contributed by atoms with Crippen molar-refractivity contribution >= 4 is 62.6 Å². The van der Waals surface area contributed by atoms with Gasteiger partial charge in [-0.2, -0.15) is 5.10 Å². The lowest BCUT2D eigenvalue weighted by atomic mass is 9.98. The summed E-state index contributed by atoms with van der Waals surface area (Å²) in [5.74, 6) is -0.164. The number of fused-ring (bicyclic) bond motifs is 4. The molecule has 5 heterocycles. The number of aromatic nitrogens is 5. The van der Waals surface area contributed by atoms with Crippen LogP contribution < -0.4 is 14.4 Å². The van der Waals surface area contributed by atoms with Crippen LogP contribution in [0.15, 0.2) is 67.0 Å². The number of carboxylic acids is 1. The van der Waals surface area contributed by atoms with Gasteiger partial charge in [0.15, 0.2) is 0 Å². The van der Waals surface area contributed by atoms with Gasteiger partial charge in [-0.05, 0) is 101 Å². The summed E-state index contributed by atoms with van der Waals surface area (Å²) in [4.78, 5) is 34.8. The second-order valence-corrected chi connectivity index (χ2v) is 16.5. The molecule has 0 spiro atoms. The van der Waals surface area contributed by atoms with Crippen molar-refractivity contribution < 1.29 is 28.9 Å². The average molecular weight is 864 g/mol. The van der Waals surface area contributed by atoms with Crippen LogP contribution in [0.2, 0.25) is 10.0 Å². The van der Waals surface area contributed by atoms with Gasteiger partial charge in [0.25, 0.3) is 5.91 Å². The molecule has 1 atom stereocenters. The molecule has 61 heavy (non-hydrogen) atoms. The van der Waals surface area contributed by atoms with Crippen LogP contribution in [0.1, 0.15) is 74.0 Å². The summed E-state index contributed by atoms with van der Waals surface area (Å²) in [5, 5.41) is 17.9. The largest absolute Gasteiger partial charge is 0.494 e. The summed E-state index contributed by atoms with van der Waals surface area (Å²) in [6.07, 6.45) is 4.45. The number of nitrogens with zero attached hydrogens (tertiary/aromatic N) is 6. The van der Waals surface area contributed by atoms with Crippen molar-refractivity contribution in [3.05, 3.63) is 122 Å². The fraction of sp³-hybridized carbons (Fsp3) is 0.319. The summed E-state index contributed by atoms with van der Waals surface area (Å²) in [6, 6.07) is 16.7. The summed E-state index contributed by atoms with van der Waals surface area (Å²) < 4.78 is 23.6. The molecule has 1 N–H and O–H groups in total. The Balaban J connectivity index is 1.31. The monoisotopic (exact) mass is 862 g/mol. The summed E-state index contributed by atoms with van der Waals surface area (Å²) in [7, 11) is 3.50. The van der Waals surface area contributed by atoms with E-state index in [1.807, 2.05) is 92.5 Å². The van der Waals surface area contributed by atoms with Crippen LogP contribution in [-0.4, -0.2) is 74.4 Å². The first kappa shape index (κ1) is 41.9. The maximum absolute atomic E-state index is 15.6. The number of hydrogen-bond acceptors (Lipinski definition) is 7. The molecule has 0 unspecified atom stereocenters. The highest BCUT2D eigenvalue weighted by atomic mass is 35.5. The molecule has 0 saturated heterocycles. The average Bonchev–Trinajstić information content (AvgIpc) is 3.85. The lowest BCUT2D eigenvalue weighted by Gasteiger charge is -2.35. The van der Waals surface area contributed by atoms with Crippen LogP contribution in [-0.2, 0) is 24.8 Å². The number of halogens is 2. The molecule has 0 aliphatic carbocycles. The van der Waals surface area contributed by atoms with Gasteiger partial charge in [0.05, 0.1) is 58.5 Å². The quantitative estimate of drug-likeness (QED) is 0.107. The van der Waals surface area contributed by atoms with Crippen molar-refractivity contribution in [3.63, 3.8) is 0 Å². The van der Waals surface area contributed by atoms with E-state index < -0.39 is 5.97 Å². The van der Waals surface area contributed by atoms with Crippen LogP contribution in [0.25, 0.3) is 32.9 Å². The highest BCUT2D eigenvalue weighted by molar-refractivity contribution is 6.35. The molecular formula is C47H48Cl2N6O6. The molecule has 1 amide bonds. The van der Waals surface area contributed by atoms with E-state index in [1.54, 1.807) is 30.5 Å². The first-order valence-corrected chi connectivity index (χ1v) is 21.0. The van der Waals surface area contributed by atoms with Gasteiger partial charge in [-0.25, -0.2) is 4.79 Å². The molecule has 12 nitrogen and oxygen atoms in total. The highest BCUT2D eigenvalue weighted by Crippen LogP contribution is 2.46. The third kappa shape index (κ3) is 7.62. The number of hydrogen-bond donors (Lipinski definition) is 1. The second kappa shape index (κ2) is 16.9. The van der Waals surface area contributed by atoms with Gasteiger partial charge in [0.2, 0.25) is 0 Å². The van der Waals surface area contributed by atoms with Crippen LogP contribution in [0.5, 0.6) is 11.5 Å². The van der Waals surface area contributed by atoms with E-state index >= 15 is 4.79 Å². The van der Waals surface area contributed by atoms with Crippen molar-refractivity contribution in [2.24, 2.45) is 7.05 Å². The van der Waals surface area contributed by atoms with Gasteiger partial charge in [-0.3, -0.25) is 14.5 Å². The topological polar surface area (TPSA) is 126 Å². The molecule has 0 radical (unpaired) electrons. The fourth-order valence-electron chi connectivity index (χ4n) is 8.82. The van der Waals surface area contributed by atoms with Crippen LogP contribution in [0.3, 0.4) is 0 Å². The van der Waals surface area contributed by atoms with E-state index in [4.69, 9.17) is 42.5 Å². The SMILES string of the molecule is COCCOc1cc(N2C[C@@H](C)n3c(c(CCCOc4cc(C)c(Cl)c(C)c4)c4ccc(Cl)c(-c5c(C)nn(C)c5C)c43)C2=O)c2c(c1)c(C(=O)O)cn2Cc1ccccn1. The van der Waals surface area contributed by atoms with E-state index in [0.29, 0.717) is 59.1 Å². The second-order valence-electron chi connectivity index (χ2n) is 15.7. The number of benzene rings is 3. The Bertz CT molecular complexity index is 2820. The number of carboxylic acid groups (broad SMARTS) is 1. The smallest absolute Gasteiger partial charge is 0.337 e. The molecule has 3 aromatic carbocycles. The highest BCUT2D eigenvalue weighted by Gasteiger charge is 2.38. The van der Waals surface area contributed by atoms with Crippen molar-refractivity contribution in [2.75, 3.05) is 38.4 Å². The molecule has 1 aliphatic rings. The zero-order chi connectivity index (χ0) is 43.3. The molecule has 1 aliphatic heterocycles. The zero-order valence-electron chi connectivity index (χ0n) is 35.3. The summed E-state index contributed by atoms with van der Waals surface area (Å²) in [6.45, 7) is 11.5. The molecule has 0 fully saturated rings. The van der Waals surface area contributed by atoms with Gasteiger partial charge in [-0.15, -0.1) is 0 Å². The standard InChI is InChI=1S/C47H48Cl2N6O6/c1-26-19-32(20-27(2)42(26)49)60-16-10-12-34-35-13-14-38(48)41(40-29(4)51-52(6)30(40)5)44(35)55-28(3)23-54(46(56)45(34)55)39-22-33(61-18-17-59-7)21-36-37(47(57)58)25-53(43(36)39)24-31-11-8-9-15-50-31/h8-9,11,13-15,19-22,25,28H,10,12,16-18,23-24H2,1-7H3,(H,57,58)/t28-/m1/s1. The van der Waals surface area contributed by atoms with Crippen LogP contribution in [0.4, 0.5) is 5.69 Å². The number of carbonyl (C=O) groups is 2. The Kier molecular flexibility index (Phi) is 11.6. The van der Waals surface area contributed by atoms with Crippen LogP contribution >= 0.6 is 23.2 Å². The number of carbonyl (C=O) groups excluding carboxylic acids is 1.